The summed E-state index contributed by atoms with van der Waals surface area (Å²) in [4.78, 5) is 29.1. The second-order valence-corrected chi connectivity index (χ2v) is 12.0. The molecule has 198 valence electrons. The van der Waals surface area contributed by atoms with E-state index in [1.54, 1.807) is 35.7 Å². The smallest absolute Gasteiger partial charge is 0.325 e. The molecule has 2 fully saturated rings. The zero-order valence-electron chi connectivity index (χ0n) is 21.7. The Labute approximate surface area is 217 Å². The highest BCUT2D eigenvalue weighted by molar-refractivity contribution is 7.89. The van der Waals surface area contributed by atoms with Gasteiger partial charge in [-0.1, -0.05) is 17.7 Å². The highest BCUT2D eigenvalue weighted by atomic mass is 32.2. The van der Waals surface area contributed by atoms with Crippen LogP contribution in [0.3, 0.4) is 0 Å². The monoisotopic (exact) mass is 528 g/mol. The van der Waals surface area contributed by atoms with E-state index in [1.807, 2.05) is 37.1 Å². The molecule has 0 amide bonds. The maximum absolute atomic E-state index is 13.9. The fourth-order valence-electron chi connectivity index (χ4n) is 7.14. The molecular weight excluding hydrogens is 496 g/mol. The normalized spacial score (nSPS) is 26.1. The summed E-state index contributed by atoms with van der Waals surface area (Å²) in [7, 11) is 2.10. The molecule has 1 spiro atoms. The zero-order chi connectivity index (χ0) is 26.8. The molecule has 10 heteroatoms. The van der Waals surface area contributed by atoms with Crippen molar-refractivity contribution in [3.8, 4) is 5.75 Å². The van der Waals surface area contributed by atoms with Crippen LogP contribution < -0.4 is 9.64 Å². The van der Waals surface area contributed by atoms with Gasteiger partial charge in [0.2, 0.25) is 10.0 Å². The van der Waals surface area contributed by atoms with Crippen LogP contribution in [0.2, 0.25) is 0 Å². The van der Waals surface area contributed by atoms with Gasteiger partial charge in [0.15, 0.2) is 5.41 Å². The van der Waals surface area contributed by atoms with Crippen molar-refractivity contribution >= 4 is 27.6 Å². The second-order valence-electron chi connectivity index (χ2n) is 10.1. The minimum absolute atomic E-state index is 0.0960. The minimum Gasteiger partial charge on any atom is -0.497 e. The number of esters is 2. The van der Waals surface area contributed by atoms with Crippen LogP contribution in [-0.4, -0.2) is 71.7 Å². The fraction of sp³-hybridized carbons (Fsp3) is 0.481. The third kappa shape index (κ3) is 3.28. The summed E-state index contributed by atoms with van der Waals surface area (Å²) in [5.74, 6) is -0.727. The molecule has 0 unspecified atom stereocenters. The molecule has 3 aliphatic rings. The van der Waals surface area contributed by atoms with Crippen molar-refractivity contribution in [2.45, 2.75) is 48.6 Å². The topological polar surface area (TPSA) is 102 Å². The van der Waals surface area contributed by atoms with Gasteiger partial charge in [-0.25, -0.2) is 8.42 Å². The van der Waals surface area contributed by atoms with E-state index < -0.39 is 44.9 Å². The Morgan fingerprint density at radius 3 is 2.22 bits per heavy atom. The maximum atomic E-state index is 13.9. The van der Waals surface area contributed by atoms with Gasteiger partial charge in [-0.2, -0.15) is 4.31 Å². The van der Waals surface area contributed by atoms with Gasteiger partial charge < -0.3 is 19.1 Å². The van der Waals surface area contributed by atoms with Gasteiger partial charge in [-0.05, 0) is 62.1 Å². The number of rotatable bonds is 5. The van der Waals surface area contributed by atoms with E-state index in [2.05, 4.69) is 0 Å². The van der Waals surface area contributed by atoms with Gasteiger partial charge in [0, 0.05) is 30.7 Å². The van der Waals surface area contributed by atoms with Gasteiger partial charge >= 0.3 is 11.9 Å². The first-order valence-electron chi connectivity index (χ1n) is 12.3. The molecule has 9 nitrogen and oxygen atoms in total. The van der Waals surface area contributed by atoms with Gasteiger partial charge in [0.25, 0.3) is 0 Å². The molecule has 1 aliphatic carbocycles. The van der Waals surface area contributed by atoms with Crippen molar-refractivity contribution in [3.63, 3.8) is 0 Å². The van der Waals surface area contributed by atoms with Crippen LogP contribution in [0, 0.1) is 12.3 Å². The highest BCUT2D eigenvalue weighted by Crippen LogP contribution is 2.64. The molecule has 2 aliphatic heterocycles. The number of hydrogen-bond acceptors (Lipinski definition) is 8. The Morgan fingerprint density at radius 2 is 1.62 bits per heavy atom. The molecule has 37 heavy (non-hydrogen) atoms. The van der Waals surface area contributed by atoms with Crippen LogP contribution in [0.4, 0.5) is 5.69 Å². The molecular formula is C27H32N2O7S. The average Bonchev–Trinajstić information content (AvgIpc) is 3.43. The molecule has 0 radical (unpaired) electrons. The van der Waals surface area contributed by atoms with Crippen LogP contribution in [0.25, 0.3) is 0 Å². The summed E-state index contributed by atoms with van der Waals surface area (Å²) in [5, 5.41) is 0. The van der Waals surface area contributed by atoms with E-state index in [9.17, 15) is 18.0 Å². The number of carbonyl (C=O) groups excluding carboxylic acids is 2. The number of nitrogens with zero attached hydrogens (tertiary/aromatic N) is 2. The molecule has 2 aromatic carbocycles. The van der Waals surface area contributed by atoms with Crippen LogP contribution in [0.1, 0.15) is 30.4 Å². The van der Waals surface area contributed by atoms with Crippen LogP contribution >= 0.6 is 0 Å². The van der Waals surface area contributed by atoms with E-state index in [1.165, 1.54) is 14.2 Å². The molecule has 0 aromatic heterocycles. The van der Waals surface area contributed by atoms with Crippen LogP contribution in [0.5, 0.6) is 5.75 Å². The Bertz CT molecular complexity index is 1340. The molecule has 2 heterocycles. The minimum atomic E-state index is -3.84. The lowest BCUT2D eigenvalue weighted by Crippen LogP contribution is -2.68. The van der Waals surface area contributed by atoms with Crippen LogP contribution in [0.15, 0.2) is 47.4 Å². The first-order valence-corrected chi connectivity index (χ1v) is 13.7. The van der Waals surface area contributed by atoms with Crippen molar-refractivity contribution < 1.29 is 32.2 Å². The summed E-state index contributed by atoms with van der Waals surface area (Å²) in [6.07, 6.45) is 0.808. The molecule has 0 N–H and O–H groups in total. The Hall–Kier alpha value is -3.11. The predicted molar refractivity (Wildman–Crippen MR) is 136 cm³/mol. The van der Waals surface area contributed by atoms with E-state index in [0.29, 0.717) is 12.2 Å². The summed E-state index contributed by atoms with van der Waals surface area (Å²) in [5.41, 5.74) is 0.169. The molecule has 5 rings (SSSR count). The first kappa shape index (κ1) is 25.5. The van der Waals surface area contributed by atoms with E-state index in [0.717, 1.165) is 16.8 Å². The highest BCUT2D eigenvalue weighted by Gasteiger charge is 2.74. The van der Waals surface area contributed by atoms with Crippen molar-refractivity contribution in [3.05, 3.63) is 53.6 Å². The van der Waals surface area contributed by atoms with E-state index in [-0.39, 0.29) is 24.3 Å². The number of methoxy groups -OCH3 is 3. The SMILES string of the molecule is COC(=O)C1(C(=O)OC)CC[C@H]2N(S(=O)(=O)c3ccc(C)cc3)CC[C@@]23c2cc(OC)ccc2N(C)[C@@H]13. The molecule has 0 bridgehead atoms. The number of likely N-dealkylation sites (N-methyl/N-ethyl adjacent to an activating group) is 1. The second kappa shape index (κ2) is 8.73. The Morgan fingerprint density at radius 1 is 0.973 bits per heavy atom. The number of benzene rings is 2. The predicted octanol–water partition coefficient (Wildman–Crippen LogP) is 2.65. The quantitative estimate of drug-likeness (QED) is 0.431. The Balaban J connectivity index is 1.74. The number of aryl methyl sites for hydroxylation is 1. The number of sulfonamides is 1. The standard InChI is InChI=1S/C27H32N2O7S/c1-17-6-9-19(10-7-17)37(32,33)29-15-14-26-20-16-18(34-3)8-11-21(20)28(2)23(26)27(24(30)35-4,25(31)36-5)13-12-22(26)29/h6-11,16,22-23H,12-15H2,1-5H3/t22-,23-,26-/m1/s1. The van der Waals surface area contributed by atoms with Crippen molar-refractivity contribution in [2.75, 3.05) is 39.8 Å². The molecule has 2 aromatic rings. The van der Waals surface area contributed by atoms with Gasteiger partial charge in [-0.3, -0.25) is 9.59 Å². The lowest BCUT2D eigenvalue weighted by Gasteiger charge is -2.52. The molecule has 1 saturated heterocycles. The third-order valence-corrected chi connectivity index (χ3v) is 10.6. The van der Waals surface area contributed by atoms with Crippen molar-refractivity contribution in [2.24, 2.45) is 5.41 Å². The number of ether oxygens (including phenoxy) is 3. The summed E-state index contributed by atoms with van der Waals surface area (Å²) < 4.78 is 45.4. The summed E-state index contributed by atoms with van der Waals surface area (Å²) in [6.45, 7) is 2.16. The van der Waals surface area contributed by atoms with Gasteiger partial charge in [-0.15, -0.1) is 0 Å². The number of hydrogen-bond donors (Lipinski definition) is 0. The number of anilines is 1. The number of fused-ring (bicyclic) bond motifs is 1. The molecule has 1 saturated carbocycles. The van der Waals surface area contributed by atoms with Gasteiger partial charge in [0.1, 0.15) is 5.75 Å². The lowest BCUT2D eigenvalue weighted by molar-refractivity contribution is -0.176. The van der Waals surface area contributed by atoms with E-state index in [4.69, 9.17) is 14.2 Å². The Kier molecular flexibility index (Phi) is 6.03. The average molecular weight is 529 g/mol. The van der Waals surface area contributed by atoms with E-state index >= 15 is 0 Å². The first-order chi connectivity index (χ1) is 17.6. The van der Waals surface area contributed by atoms with Gasteiger partial charge in [0.05, 0.1) is 32.3 Å². The summed E-state index contributed by atoms with van der Waals surface area (Å²) in [6, 6.07) is 11.3. The molecule has 3 atom stereocenters. The largest absolute Gasteiger partial charge is 0.497 e. The summed E-state index contributed by atoms with van der Waals surface area (Å²) >= 11 is 0. The van der Waals surface area contributed by atoms with Crippen LogP contribution in [-0.2, 0) is 34.5 Å². The van der Waals surface area contributed by atoms with Crippen molar-refractivity contribution in [1.82, 2.24) is 4.31 Å². The fourth-order valence-corrected chi connectivity index (χ4v) is 8.85. The van der Waals surface area contributed by atoms with Crippen molar-refractivity contribution in [1.29, 1.82) is 0 Å². The maximum Gasteiger partial charge on any atom is 0.325 e. The lowest BCUT2D eigenvalue weighted by atomic mass is 9.55. The zero-order valence-corrected chi connectivity index (χ0v) is 22.5. The third-order valence-electron chi connectivity index (χ3n) is 8.65. The number of carbonyl (C=O) groups is 2.